The van der Waals surface area contributed by atoms with Gasteiger partial charge in [-0.2, -0.15) is 0 Å². The van der Waals surface area contributed by atoms with Crippen molar-refractivity contribution in [3.8, 4) is 0 Å². The molecule has 0 fully saturated rings. The van der Waals surface area contributed by atoms with Crippen molar-refractivity contribution in [1.29, 1.82) is 0 Å². The topological polar surface area (TPSA) is 41.1 Å². The molecule has 0 aliphatic rings. The lowest BCUT2D eigenvalue weighted by molar-refractivity contribution is 0.0949. The van der Waals surface area contributed by atoms with Gasteiger partial charge in [0.15, 0.2) is 0 Å². The fraction of sp³-hybridized carbons (Fsp3) is 0.462. The van der Waals surface area contributed by atoms with Crippen LogP contribution in [0.1, 0.15) is 22.8 Å². The summed E-state index contributed by atoms with van der Waals surface area (Å²) >= 11 is 1.65. The second kappa shape index (κ2) is 6.67. The molecule has 1 rings (SSSR count). The number of likely N-dealkylation sites (N-methyl/N-ethyl adjacent to an activating group) is 1. The van der Waals surface area contributed by atoms with Crippen molar-refractivity contribution >= 4 is 17.7 Å². The van der Waals surface area contributed by atoms with Gasteiger partial charge < -0.3 is 10.6 Å². The van der Waals surface area contributed by atoms with E-state index in [0.717, 1.165) is 16.0 Å². The number of nitrogens with one attached hydrogen (secondary N) is 2. The molecule has 1 aromatic carbocycles. The molecule has 0 aliphatic heterocycles. The van der Waals surface area contributed by atoms with E-state index in [1.54, 1.807) is 11.8 Å². The number of rotatable bonds is 5. The zero-order valence-corrected chi connectivity index (χ0v) is 11.6. The Hall–Kier alpha value is -1.00. The van der Waals surface area contributed by atoms with Gasteiger partial charge in [-0.1, -0.05) is 6.07 Å². The van der Waals surface area contributed by atoms with Crippen LogP contribution in [0.3, 0.4) is 0 Å². The third kappa shape index (κ3) is 4.06. The summed E-state index contributed by atoms with van der Waals surface area (Å²) in [5.74, 6) is 0.000463. The van der Waals surface area contributed by atoms with Crippen LogP contribution in [0.25, 0.3) is 0 Å². The van der Waals surface area contributed by atoms with Crippen LogP contribution in [0, 0.1) is 6.92 Å². The molecule has 1 aromatic rings. The number of hydrogen-bond donors (Lipinski definition) is 2. The van der Waals surface area contributed by atoms with Gasteiger partial charge in [0.25, 0.3) is 5.91 Å². The first-order chi connectivity index (χ1) is 8.08. The van der Waals surface area contributed by atoms with Gasteiger partial charge in [-0.3, -0.25) is 4.79 Å². The van der Waals surface area contributed by atoms with Crippen molar-refractivity contribution in [2.24, 2.45) is 0 Å². The number of carbonyl (C=O) groups is 1. The summed E-state index contributed by atoms with van der Waals surface area (Å²) in [4.78, 5) is 13.1. The lowest BCUT2D eigenvalue weighted by atomic mass is 10.1. The Morgan fingerprint density at radius 2 is 2.18 bits per heavy atom. The van der Waals surface area contributed by atoms with E-state index in [9.17, 15) is 4.79 Å². The average molecular weight is 252 g/mol. The van der Waals surface area contributed by atoms with E-state index in [4.69, 9.17) is 0 Å². The molecule has 2 N–H and O–H groups in total. The van der Waals surface area contributed by atoms with E-state index in [2.05, 4.69) is 10.6 Å². The maximum atomic E-state index is 12.0. The van der Waals surface area contributed by atoms with Crippen LogP contribution < -0.4 is 10.6 Å². The van der Waals surface area contributed by atoms with Crippen molar-refractivity contribution in [2.45, 2.75) is 24.8 Å². The van der Waals surface area contributed by atoms with E-state index in [1.807, 2.05) is 45.4 Å². The fourth-order valence-corrected chi connectivity index (χ4v) is 1.86. The van der Waals surface area contributed by atoms with Crippen molar-refractivity contribution in [2.75, 3.05) is 19.8 Å². The highest BCUT2D eigenvalue weighted by atomic mass is 32.2. The second-order valence-electron chi connectivity index (χ2n) is 4.08. The standard InChI is InChI=1S/C13H20N2OS/c1-9-5-6-11(17-4)7-12(9)13(16)15-8-10(2)14-3/h5-7,10,14H,8H2,1-4H3,(H,15,16). The predicted octanol–water partition coefficient (Wildman–Crippen LogP) is 2.05. The highest BCUT2D eigenvalue weighted by molar-refractivity contribution is 7.98. The summed E-state index contributed by atoms with van der Waals surface area (Å²) in [5, 5.41) is 6.02. The molecule has 17 heavy (non-hydrogen) atoms. The number of amides is 1. The smallest absolute Gasteiger partial charge is 0.251 e. The molecule has 0 saturated carbocycles. The molecule has 94 valence electrons. The molecule has 0 bridgehead atoms. The number of hydrogen-bond acceptors (Lipinski definition) is 3. The number of carbonyl (C=O) groups excluding carboxylic acids is 1. The van der Waals surface area contributed by atoms with Crippen molar-refractivity contribution in [3.63, 3.8) is 0 Å². The highest BCUT2D eigenvalue weighted by Gasteiger charge is 2.10. The molecule has 0 spiro atoms. The summed E-state index contributed by atoms with van der Waals surface area (Å²) < 4.78 is 0. The Morgan fingerprint density at radius 1 is 1.47 bits per heavy atom. The molecule has 3 nitrogen and oxygen atoms in total. The summed E-state index contributed by atoms with van der Waals surface area (Å²) in [6, 6.07) is 6.25. The van der Waals surface area contributed by atoms with E-state index in [-0.39, 0.29) is 11.9 Å². The van der Waals surface area contributed by atoms with Crippen LogP contribution in [-0.4, -0.2) is 31.8 Å². The third-order valence-corrected chi connectivity index (χ3v) is 3.48. The van der Waals surface area contributed by atoms with E-state index >= 15 is 0 Å². The maximum absolute atomic E-state index is 12.0. The third-order valence-electron chi connectivity index (χ3n) is 2.75. The SMILES string of the molecule is CNC(C)CNC(=O)c1cc(SC)ccc1C. The zero-order chi connectivity index (χ0) is 12.8. The Labute approximate surface area is 107 Å². The molecular formula is C13H20N2OS. The van der Waals surface area contributed by atoms with Crippen LogP contribution >= 0.6 is 11.8 Å². The minimum Gasteiger partial charge on any atom is -0.350 e. The normalized spacial score (nSPS) is 12.2. The molecule has 0 aromatic heterocycles. The van der Waals surface area contributed by atoms with Gasteiger partial charge in [-0.25, -0.2) is 0 Å². The minimum absolute atomic E-state index is 0.000463. The molecule has 1 amide bonds. The van der Waals surface area contributed by atoms with Crippen LogP contribution in [-0.2, 0) is 0 Å². The van der Waals surface area contributed by atoms with Gasteiger partial charge in [0.2, 0.25) is 0 Å². The average Bonchev–Trinajstić information content (AvgIpc) is 2.36. The quantitative estimate of drug-likeness (QED) is 0.788. The summed E-state index contributed by atoms with van der Waals surface area (Å²) in [7, 11) is 1.89. The molecule has 1 unspecified atom stereocenters. The Bertz CT molecular complexity index is 393. The van der Waals surface area contributed by atoms with E-state index < -0.39 is 0 Å². The number of aryl methyl sites for hydroxylation is 1. The van der Waals surface area contributed by atoms with Crippen molar-refractivity contribution < 1.29 is 4.79 Å². The lowest BCUT2D eigenvalue weighted by Gasteiger charge is -2.13. The number of benzene rings is 1. The number of thioether (sulfide) groups is 1. The molecule has 0 saturated heterocycles. The Balaban J connectivity index is 2.74. The largest absolute Gasteiger partial charge is 0.350 e. The molecule has 4 heteroatoms. The van der Waals surface area contributed by atoms with Crippen LogP contribution in [0.5, 0.6) is 0 Å². The van der Waals surface area contributed by atoms with Crippen LogP contribution in [0.4, 0.5) is 0 Å². The van der Waals surface area contributed by atoms with Gasteiger partial charge in [0, 0.05) is 23.0 Å². The molecule has 0 heterocycles. The van der Waals surface area contributed by atoms with Crippen molar-refractivity contribution in [3.05, 3.63) is 29.3 Å². The maximum Gasteiger partial charge on any atom is 0.251 e. The van der Waals surface area contributed by atoms with Crippen molar-refractivity contribution in [1.82, 2.24) is 10.6 Å². The summed E-state index contributed by atoms with van der Waals surface area (Å²) in [5.41, 5.74) is 1.78. The second-order valence-corrected chi connectivity index (χ2v) is 4.96. The van der Waals surface area contributed by atoms with Crippen LogP contribution in [0.2, 0.25) is 0 Å². The first kappa shape index (κ1) is 14.1. The van der Waals surface area contributed by atoms with Crippen LogP contribution in [0.15, 0.2) is 23.1 Å². The molecular weight excluding hydrogens is 232 g/mol. The first-order valence-corrected chi connectivity index (χ1v) is 6.91. The monoisotopic (exact) mass is 252 g/mol. The summed E-state index contributed by atoms with van der Waals surface area (Å²) in [6.07, 6.45) is 2.01. The highest BCUT2D eigenvalue weighted by Crippen LogP contribution is 2.18. The predicted molar refractivity (Wildman–Crippen MR) is 73.8 cm³/mol. The zero-order valence-electron chi connectivity index (χ0n) is 10.8. The molecule has 0 radical (unpaired) electrons. The molecule has 0 aliphatic carbocycles. The molecule has 1 atom stereocenters. The minimum atomic E-state index is 0.000463. The Morgan fingerprint density at radius 3 is 2.76 bits per heavy atom. The summed E-state index contributed by atoms with van der Waals surface area (Å²) in [6.45, 7) is 4.63. The van der Waals surface area contributed by atoms with Gasteiger partial charge in [0.1, 0.15) is 0 Å². The lowest BCUT2D eigenvalue weighted by Crippen LogP contribution is -2.37. The van der Waals surface area contributed by atoms with E-state index in [0.29, 0.717) is 6.54 Å². The Kier molecular flexibility index (Phi) is 5.51. The van der Waals surface area contributed by atoms with Gasteiger partial charge in [-0.05, 0) is 44.8 Å². The van der Waals surface area contributed by atoms with Gasteiger partial charge in [-0.15, -0.1) is 11.8 Å². The van der Waals surface area contributed by atoms with E-state index in [1.165, 1.54) is 0 Å². The first-order valence-electron chi connectivity index (χ1n) is 5.68. The van der Waals surface area contributed by atoms with Gasteiger partial charge >= 0.3 is 0 Å². The van der Waals surface area contributed by atoms with Gasteiger partial charge in [0.05, 0.1) is 0 Å². The fourth-order valence-electron chi connectivity index (χ4n) is 1.42.